The number of thiocarbonyl (C=S) groups is 1. The van der Waals surface area contributed by atoms with E-state index in [0.29, 0.717) is 6.42 Å². The molecule has 1 N–H and O–H groups in total. The summed E-state index contributed by atoms with van der Waals surface area (Å²) in [5, 5.41) is 8.31. The highest BCUT2D eigenvalue weighted by atomic mass is 32.1. The van der Waals surface area contributed by atoms with Crippen LogP contribution in [0.25, 0.3) is 0 Å². The van der Waals surface area contributed by atoms with Gasteiger partial charge in [-0.25, -0.2) is 0 Å². The summed E-state index contributed by atoms with van der Waals surface area (Å²) in [6, 6.07) is 0. The maximum Gasteiger partial charge on any atom is 0.303 e. The predicted octanol–water partition coefficient (Wildman–Crippen LogP) is 2.41. The van der Waals surface area contributed by atoms with Crippen LogP contribution in [0.3, 0.4) is 0 Å². The monoisotopic (exact) mass is 174 g/mol. The average Bonchev–Trinajstić information content (AvgIpc) is 1.87. The van der Waals surface area contributed by atoms with E-state index in [1.54, 1.807) is 0 Å². The Morgan fingerprint density at radius 2 is 2.00 bits per heavy atom. The summed E-state index contributed by atoms with van der Waals surface area (Å²) in [6.07, 6.45) is 3.73. The molecule has 0 heterocycles. The highest BCUT2D eigenvalue weighted by Gasteiger charge is 1.99. The van der Waals surface area contributed by atoms with Crippen LogP contribution in [-0.4, -0.2) is 15.9 Å². The fourth-order valence-electron chi connectivity index (χ4n) is 0.841. The first-order chi connectivity index (χ1) is 5.16. The van der Waals surface area contributed by atoms with Crippen molar-refractivity contribution >= 4 is 23.1 Å². The third-order valence-corrected chi connectivity index (χ3v) is 1.78. The second-order valence-electron chi connectivity index (χ2n) is 2.54. The van der Waals surface area contributed by atoms with Crippen molar-refractivity contribution in [3.05, 3.63) is 0 Å². The predicted molar refractivity (Wildman–Crippen MR) is 49.0 cm³/mol. The lowest BCUT2D eigenvalue weighted by Gasteiger charge is -1.98. The Morgan fingerprint density at radius 3 is 2.45 bits per heavy atom. The lowest BCUT2D eigenvalue weighted by molar-refractivity contribution is -0.137. The Bertz CT molecular complexity index is 143. The SMILES string of the molecule is CCCC(=S)CCCC(=O)O. The van der Waals surface area contributed by atoms with Crippen LogP contribution in [0.5, 0.6) is 0 Å². The molecule has 0 amide bonds. The van der Waals surface area contributed by atoms with Crippen molar-refractivity contribution < 1.29 is 9.90 Å². The molecular weight excluding hydrogens is 160 g/mol. The third kappa shape index (κ3) is 7.46. The van der Waals surface area contributed by atoms with E-state index in [-0.39, 0.29) is 6.42 Å². The molecule has 0 aliphatic carbocycles. The number of carboxylic acid groups (broad SMARTS) is 1. The van der Waals surface area contributed by atoms with Crippen molar-refractivity contribution in [1.82, 2.24) is 0 Å². The van der Waals surface area contributed by atoms with Crippen molar-refractivity contribution in [1.29, 1.82) is 0 Å². The minimum absolute atomic E-state index is 0.240. The van der Waals surface area contributed by atoms with E-state index in [0.717, 1.165) is 24.1 Å². The Hall–Kier alpha value is -0.440. The first kappa shape index (κ1) is 10.6. The van der Waals surface area contributed by atoms with Gasteiger partial charge in [-0.05, 0) is 24.1 Å². The van der Waals surface area contributed by atoms with Gasteiger partial charge in [-0.3, -0.25) is 4.79 Å². The molecular formula is C8H14O2S. The molecule has 0 atom stereocenters. The van der Waals surface area contributed by atoms with Crippen LogP contribution in [0.4, 0.5) is 0 Å². The van der Waals surface area contributed by atoms with Crippen molar-refractivity contribution in [2.45, 2.75) is 39.0 Å². The van der Waals surface area contributed by atoms with Crippen LogP contribution in [0, 0.1) is 0 Å². The van der Waals surface area contributed by atoms with Crippen LogP contribution in [0.1, 0.15) is 39.0 Å². The van der Waals surface area contributed by atoms with Crippen LogP contribution in [-0.2, 0) is 4.79 Å². The van der Waals surface area contributed by atoms with Gasteiger partial charge in [-0.15, -0.1) is 0 Å². The molecule has 0 spiro atoms. The van der Waals surface area contributed by atoms with E-state index in [2.05, 4.69) is 6.92 Å². The van der Waals surface area contributed by atoms with Crippen molar-refractivity contribution in [2.75, 3.05) is 0 Å². The summed E-state index contributed by atoms with van der Waals surface area (Å²) in [5.41, 5.74) is 0. The van der Waals surface area contributed by atoms with Crippen LogP contribution in [0.2, 0.25) is 0 Å². The Balaban J connectivity index is 3.24. The molecule has 0 aliphatic heterocycles. The fourth-order valence-corrected chi connectivity index (χ4v) is 1.19. The van der Waals surface area contributed by atoms with Crippen molar-refractivity contribution in [3.8, 4) is 0 Å². The van der Waals surface area contributed by atoms with Gasteiger partial charge in [0.15, 0.2) is 0 Å². The number of carbonyl (C=O) groups is 1. The van der Waals surface area contributed by atoms with Crippen LogP contribution >= 0.6 is 12.2 Å². The second kappa shape index (κ2) is 6.28. The van der Waals surface area contributed by atoms with Gasteiger partial charge in [0, 0.05) is 6.42 Å². The largest absolute Gasteiger partial charge is 0.481 e. The molecule has 2 nitrogen and oxygen atoms in total. The zero-order chi connectivity index (χ0) is 8.69. The van der Waals surface area contributed by atoms with Crippen molar-refractivity contribution in [2.24, 2.45) is 0 Å². The molecule has 0 rings (SSSR count). The van der Waals surface area contributed by atoms with Gasteiger partial charge >= 0.3 is 5.97 Å². The molecule has 0 aromatic heterocycles. The smallest absolute Gasteiger partial charge is 0.303 e. The number of rotatable bonds is 6. The number of hydrogen-bond donors (Lipinski definition) is 1. The highest BCUT2D eigenvalue weighted by molar-refractivity contribution is 7.80. The van der Waals surface area contributed by atoms with Gasteiger partial charge in [0.1, 0.15) is 0 Å². The first-order valence-corrected chi connectivity index (χ1v) is 4.31. The lowest BCUT2D eigenvalue weighted by atomic mass is 10.1. The molecule has 0 aliphatic rings. The van der Waals surface area contributed by atoms with E-state index in [1.165, 1.54) is 0 Å². The fraction of sp³-hybridized carbons (Fsp3) is 0.750. The maximum absolute atomic E-state index is 10.1. The summed E-state index contributed by atoms with van der Waals surface area (Å²) in [4.78, 5) is 11.1. The number of aliphatic carboxylic acids is 1. The Kier molecular flexibility index (Phi) is 6.03. The van der Waals surface area contributed by atoms with Crippen LogP contribution < -0.4 is 0 Å². The second-order valence-corrected chi connectivity index (χ2v) is 3.11. The van der Waals surface area contributed by atoms with Gasteiger partial charge in [0.2, 0.25) is 0 Å². The van der Waals surface area contributed by atoms with E-state index in [1.807, 2.05) is 0 Å². The number of hydrogen-bond acceptors (Lipinski definition) is 2. The first-order valence-electron chi connectivity index (χ1n) is 3.90. The highest BCUT2D eigenvalue weighted by Crippen LogP contribution is 2.03. The van der Waals surface area contributed by atoms with Crippen LogP contribution in [0.15, 0.2) is 0 Å². The van der Waals surface area contributed by atoms with Gasteiger partial charge < -0.3 is 5.11 Å². The molecule has 0 fully saturated rings. The molecule has 0 unspecified atom stereocenters. The quantitative estimate of drug-likeness (QED) is 0.628. The summed E-state index contributed by atoms with van der Waals surface area (Å²) < 4.78 is 0. The summed E-state index contributed by atoms with van der Waals surface area (Å²) in [7, 11) is 0. The molecule has 0 saturated carbocycles. The summed E-state index contributed by atoms with van der Waals surface area (Å²) >= 11 is 5.01. The third-order valence-electron chi connectivity index (χ3n) is 1.38. The van der Waals surface area contributed by atoms with E-state index < -0.39 is 5.97 Å². The summed E-state index contributed by atoms with van der Waals surface area (Å²) in [5.74, 6) is -0.732. The molecule has 0 aromatic rings. The van der Waals surface area contributed by atoms with Gasteiger partial charge in [-0.2, -0.15) is 0 Å². The molecule has 0 radical (unpaired) electrons. The molecule has 11 heavy (non-hydrogen) atoms. The standard InChI is InChI=1S/C8H14O2S/c1-2-4-7(11)5-3-6-8(9)10/h2-6H2,1H3,(H,9,10). The molecule has 0 bridgehead atoms. The Labute approximate surface area is 72.6 Å². The minimum atomic E-state index is -0.732. The number of carboxylic acids is 1. The molecule has 3 heteroatoms. The normalized spacial score (nSPS) is 9.55. The van der Waals surface area contributed by atoms with Gasteiger partial charge in [0.05, 0.1) is 0 Å². The van der Waals surface area contributed by atoms with Gasteiger partial charge in [-0.1, -0.05) is 25.6 Å². The van der Waals surface area contributed by atoms with E-state index in [4.69, 9.17) is 17.3 Å². The molecule has 0 saturated heterocycles. The van der Waals surface area contributed by atoms with Gasteiger partial charge in [0.25, 0.3) is 0 Å². The zero-order valence-corrected chi connectivity index (χ0v) is 7.62. The minimum Gasteiger partial charge on any atom is -0.481 e. The Morgan fingerprint density at radius 1 is 1.36 bits per heavy atom. The van der Waals surface area contributed by atoms with E-state index >= 15 is 0 Å². The average molecular weight is 174 g/mol. The zero-order valence-electron chi connectivity index (χ0n) is 6.80. The topological polar surface area (TPSA) is 37.3 Å². The van der Waals surface area contributed by atoms with Crippen molar-refractivity contribution in [3.63, 3.8) is 0 Å². The summed E-state index contributed by atoms with van der Waals surface area (Å²) in [6.45, 7) is 2.07. The molecule has 0 aromatic carbocycles. The molecule has 64 valence electrons. The lowest BCUT2D eigenvalue weighted by Crippen LogP contribution is -1.98. The maximum atomic E-state index is 10.1. The van der Waals surface area contributed by atoms with E-state index in [9.17, 15) is 4.79 Å².